The average Bonchev–Trinajstić information content (AvgIpc) is 2.67. The van der Waals surface area contributed by atoms with Crippen molar-refractivity contribution in [3.05, 3.63) is 59.7 Å². The van der Waals surface area contributed by atoms with E-state index in [0.717, 1.165) is 29.1 Å². The summed E-state index contributed by atoms with van der Waals surface area (Å²) in [6.45, 7) is 0. The minimum absolute atomic E-state index is 0.0176. The van der Waals surface area contributed by atoms with Crippen LogP contribution < -0.4 is 0 Å². The summed E-state index contributed by atoms with van der Waals surface area (Å²) in [4.78, 5) is -0.0537. The molecule has 2 aromatic carbocycles. The quantitative estimate of drug-likeness (QED) is 0.762. The lowest BCUT2D eigenvalue weighted by Crippen LogP contribution is -2.33. The zero-order chi connectivity index (χ0) is 19.8. The van der Waals surface area contributed by atoms with Crippen LogP contribution in [0.3, 0.4) is 0 Å². The third kappa shape index (κ3) is 3.67. The number of nitrogens with zero attached hydrogens (tertiary/aromatic N) is 2. The van der Waals surface area contributed by atoms with Crippen molar-refractivity contribution in [3.8, 4) is 0 Å². The monoisotopic (exact) mass is 408 g/mol. The highest BCUT2D eigenvalue weighted by Gasteiger charge is 2.32. The second-order valence-corrected chi connectivity index (χ2v) is 11.0. The summed E-state index contributed by atoms with van der Waals surface area (Å²) >= 11 is 0. The maximum atomic E-state index is 13.2. The molecule has 0 bridgehead atoms. The molecule has 0 spiro atoms. The van der Waals surface area contributed by atoms with Gasteiger partial charge in [-0.2, -0.15) is 4.31 Å². The molecule has 1 atom stereocenters. The summed E-state index contributed by atoms with van der Waals surface area (Å²) in [5.74, 6) is 0. The van der Waals surface area contributed by atoms with Crippen molar-refractivity contribution >= 4 is 20.0 Å². The lowest BCUT2D eigenvalue weighted by atomic mass is 9.88. The lowest BCUT2D eigenvalue weighted by molar-refractivity contribution is 0.337. The van der Waals surface area contributed by atoms with Gasteiger partial charge in [-0.1, -0.05) is 30.3 Å². The summed E-state index contributed by atoms with van der Waals surface area (Å²) < 4.78 is 53.6. The molecule has 0 radical (unpaired) electrons. The van der Waals surface area contributed by atoms with E-state index < -0.39 is 20.0 Å². The van der Waals surface area contributed by atoms with E-state index in [2.05, 4.69) is 0 Å². The van der Waals surface area contributed by atoms with Crippen LogP contribution >= 0.6 is 0 Å². The molecule has 1 unspecified atom stereocenters. The van der Waals surface area contributed by atoms with E-state index in [1.54, 1.807) is 7.05 Å². The maximum Gasteiger partial charge on any atom is 0.243 e. The molecule has 1 aliphatic rings. The summed E-state index contributed by atoms with van der Waals surface area (Å²) in [5.41, 5.74) is 2.19. The number of sulfonamides is 2. The molecule has 1 aliphatic carbocycles. The molecule has 2 aromatic rings. The van der Waals surface area contributed by atoms with Gasteiger partial charge in [0.05, 0.1) is 9.79 Å². The molecule has 0 fully saturated rings. The lowest BCUT2D eigenvalue weighted by Gasteiger charge is -2.32. The van der Waals surface area contributed by atoms with Gasteiger partial charge in [-0.3, -0.25) is 0 Å². The van der Waals surface area contributed by atoms with Gasteiger partial charge >= 0.3 is 0 Å². The first-order chi connectivity index (χ1) is 12.7. The van der Waals surface area contributed by atoms with Gasteiger partial charge in [0.25, 0.3) is 0 Å². The Balaban J connectivity index is 2.01. The second-order valence-electron chi connectivity index (χ2n) is 6.89. The molecule has 0 saturated heterocycles. The molecule has 0 aromatic heterocycles. The van der Waals surface area contributed by atoms with Gasteiger partial charge in [0.2, 0.25) is 20.0 Å². The Labute approximate surface area is 161 Å². The predicted octanol–water partition coefficient (Wildman–Crippen LogP) is 2.64. The van der Waals surface area contributed by atoms with E-state index in [4.69, 9.17) is 0 Å². The largest absolute Gasteiger partial charge is 0.243 e. The molecule has 0 heterocycles. The van der Waals surface area contributed by atoms with E-state index in [0.29, 0.717) is 0 Å². The molecule has 27 heavy (non-hydrogen) atoms. The van der Waals surface area contributed by atoms with E-state index in [1.165, 1.54) is 48.2 Å². The van der Waals surface area contributed by atoms with Crippen LogP contribution in [0.25, 0.3) is 0 Å². The normalized spacial score (nSPS) is 17.9. The first-order valence-corrected chi connectivity index (χ1v) is 11.6. The SMILES string of the molecule is CN(C)S(=O)(=O)c1cccc(S(=O)(=O)N(C)C2CCCc3ccccc32)c1. The Morgan fingerprint density at radius 2 is 1.48 bits per heavy atom. The Kier molecular flexibility index (Phi) is 5.45. The number of fused-ring (bicyclic) bond motifs is 1. The van der Waals surface area contributed by atoms with Crippen LogP contribution in [0.1, 0.15) is 30.0 Å². The van der Waals surface area contributed by atoms with E-state index in [1.807, 2.05) is 24.3 Å². The molecule has 0 amide bonds. The zero-order valence-electron chi connectivity index (χ0n) is 15.7. The van der Waals surface area contributed by atoms with Crippen molar-refractivity contribution in [3.63, 3.8) is 0 Å². The number of rotatable bonds is 5. The summed E-state index contributed by atoms with van der Waals surface area (Å²) in [6, 6.07) is 13.2. The van der Waals surface area contributed by atoms with Crippen LogP contribution in [0.5, 0.6) is 0 Å². The van der Waals surface area contributed by atoms with E-state index in [9.17, 15) is 16.8 Å². The molecule has 3 rings (SSSR count). The van der Waals surface area contributed by atoms with E-state index in [-0.39, 0.29) is 15.8 Å². The van der Waals surface area contributed by atoms with Crippen LogP contribution in [0.2, 0.25) is 0 Å². The molecular weight excluding hydrogens is 384 g/mol. The highest BCUT2D eigenvalue weighted by molar-refractivity contribution is 7.90. The van der Waals surface area contributed by atoms with Crippen molar-refractivity contribution in [2.45, 2.75) is 35.1 Å². The Bertz CT molecular complexity index is 1050. The molecule has 6 nitrogen and oxygen atoms in total. The average molecular weight is 409 g/mol. The minimum Gasteiger partial charge on any atom is -0.207 e. The third-order valence-corrected chi connectivity index (χ3v) is 8.71. The minimum atomic E-state index is -3.84. The topological polar surface area (TPSA) is 74.8 Å². The number of hydrogen-bond donors (Lipinski definition) is 0. The highest BCUT2D eigenvalue weighted by Crippen LogP contribution is 2.36. The van der Waals surface area contributed by atoms with Crippen molar-refractivity contribution in [1.29, 1.82) is 0 Å². The van der Waals surface area contributed by atoms with Crippen LogP contribution in [-0.4, -0.2) is 46.6 Å². The van der Waals surface area contributed by atoms with Gasteiger partial charge in [-0.05, 0) is 48.6 Å². The smallest absolute Gasteiger partial charge is 0.207 e. The number of benzene rings is 2. The Morgan fingerprint density at radius 1 is 0.852 bits per heavy atom. The predicted molar refractivity (Wildman–Crippen MR) is 104 cm³/mol. The standard InChI is InChI=1S/C19H24N2O4S2/c1-20(2)26(22,23)16-10-7-11-17(14-16)27(24,25)21(3)19-13-6-9-15-8-4-5-12-18(15)19/h4-5,7-8,10-12,14,19H,6,9,13H2,1-3H3. The van der Waals surface area contributed by atoms with Gasteiger partial charge in [0.1, 0.15) is 0 Å². The van der Waals surface area contributed by atoms with Gasteiger partial charge in [-0.25, -0.2) is 21.1 Å². The highest BCUT2D eigenvalue weighted by atomic mass is 32.2. The van der Waals surface area contributed by atoms with Gasteiger partial charge < -0.3 is 0 Å². The number of aryl methyl sites for hydroxylation is 1. The third-order valence-electron chi connectivity index (χ3n) is 5.04. The van der Waals surface area contributed by atoms with Crippen LogP contribution in [0, 0.1) is 0 Å². The molecule has 0 aliphatic heterocycles. The summed E-state index contributed by atoms with van der Waals surface area (Å²) in [6.07, 6.45) is 2.59. The van der Waals surface area contributed by atoms with Gasteiger partial charge in [0, 0.05) is 27.2 Å². The van der Waals surface area contributed by atoms with Crippen molar-refractivity contribution < 1.29 is 16.8 Å². The zero-order valence-corrected chi connectivity index (χ0v) is 17.3. The molecule has 0 saturated carbocycles. The van der Waals surface area contributed by atoms with Crippen molar-refractivity contribution in [2.75, 3.05) is 21.1 Å². The Hall–Kier alpha value is -1.74. The summed E-state index contributed by atoms with van der Waals surface area (Å²) in [7, 11) is -3.15. The first-order valence-electron chi connectivity index (χ1n) is 8.74. The fourth-order valence-corrected chi connectivity index (χ4v) is 5.88. The fraction of sp³-hybridized carbons (Fsp3) is 0.368. The second kappa shape index (κ2) is 7.35. The maximum absolute atomic E-state index is 13.2. The number of hydrogen-bond acceptors (Lipinski definition) is 4. The fourth-order valence-electron chi connectivity index (χ4n) is 3.45. The van der Waals surface area contributed by atoms with Crippen LogP contribution in [-0.2, 0) is 26.5 Å². The van der Waals surface area contributed by atoms with E-state index >= 15 is 0 Å². The van der Waals surface area contributed by atoms with Crippen LogP contribution in [0.15, 0.2) is 58.3 Å². The molecular formula is C19H24N2O4S2. The first kappa shape index (κ1) is 20.0. The molecule has 0 N–H and O–H groups in total. The van der Waals surface area contributed by atoms with Crippen molar-refractivity contribution in [1.82, 2.24) is 8.61 Å². The van der Waals surface area contributed by atoms with Gasteiger partial charge in [-0.15, -0.1) is 0 Å². The summed E-state index contributed by atoms with van der Waals surface area (Å²) in [5, 5.41) is 0. The van der Waals surface area contributed by atoms with Gasteiger partial charge in [0.15, 0.2) is 0 Å². The van der Waals surface area contributed by atoms with Crippen LogP contribution in [0.4, 0.5) is 0 Å². The molecule has 146 valence electrons. The molecule has 8 heteroatoms. The van der Waals surface area contributed by atoms with Crippen molar-refractivity contribution in [2.24, 2.45) is 0 Å². The Morgan fingerprint density at radius 3 is 2.15 bits per heavy atom.